The van der Waals surface area contributed by atoms with Gasteiger partial charge >= 0.3 is 0 Å². The van der Waals surface area contributed by atoms with E-state index in [9.17, 15) is 10.4 Å². The molecule has 1 aromatic carbocycles. The van der Waals surface area contributed by atoms with Gasteiger partial charge in [-0.05, 0) is 63.4 Å². The summed E-state index contributed by atoms with van der Waals surface area (Å²) in [4.78, 5) is 8.92. The summed E-state index contributed by atoms with van der Waals surface area (Å²) in [6.45, 7) is 1.01. The standard InChI is InChI=1S/C20H24ClN5O/c1-24-11-12-3-2-4-13(6-5-12)18-16(10-22)19(23)26-20(25-18)15-9-14(21)7-8-17(15)27/h7-9,12-13,24,27H,2-6,11H2,1H3,(H2,23,25,26). The number of phenols is 1. The van der Waals surface area contributed by atoms with Crippen molar-refractivity contribution in [3.8, 4) is 23.2 Å². The molecule has 1 aromatic heterocycles. The van der Waals surface area contributed by atoms with E-state index in [0.717, 1.165) is 32.2 Å². The van der Waals surface area contributed by atoms with Crippen LogP contribution in [0.2, 0.25) is 5.02 Å². The number of hydrogen-bond acceptors (Lipinski definition) is 6. The third kappa shape index (κ3) is 4.32. The lowest BCUT2D eigenvalue weighted by molar-refractivity contribution is 0.438. The smallest absolute Gasteiger partial charge is 0.165 e. The lowest BCUT2D eigenvalue weighted by Gasteiger charge is -2.18. The van der Waals surface area contributed by atoms with Crippen LogP contribution in [0.1, 0.15) is 49.3 Å². The van der Waals surface area contributed by atoms with Crippen LogP contribution in [-0.4, -0.2) is 28.7 Å². The van der Waals surface area contributed by atoms with Crippen molar-refractivity contribution in [1.82, 2.24) is 15.3 Å². The van der Waals surface area contributed by atoms with Gasteiger partial charge in [-0.2, -0.15) is 5.26 Å². The molecule has 0 aliphatic heterocycles. The summed E-state index contributed by atoms with van der Waals surface area (Å²) in [5, 5.41) is 23.5. The number of nitrogens with two attached hydrogens (primary N) is 1. The monoisotopic (exact) mass is 385 g/mol. The lowest BCUT2D eigenvalue weighted by atomic mass is 9.92. The van der Waals surface area contributed by atoms with Gasteiger partial charge in [0.1, 0.15) is 23.2 Å². The van der Waals surface area contributed by atoms with E-state index in [1.54, 1.807) is 12.1 Å². The van der Waals surface area contributed by atoms with Gasteiger partial charge in [0.2, 0.25) is 0 Å². The van der Waals surface area contributed by atoms with E-state index in [1.807, 2.05) is 7.05 Å². The molecule has 1 aliphatic rings. The maximum Gasteiger partial charge on any atom is 0.165 e. The number of nitrogen functional groups attached to an aromatic ring is 1. The molecular weight excluding hydrogens is 362 g/mol. The summed E-state index contributed by atoms with van der Waals surface area (Å²) >= 11 is 6.06. The SMILES string of the molecule is CNCC1CCCC(c2nc(-c3cc(Cl)ccc3O)nc(N)c2C#N)CC1. The molecule has 2 aromatic rings. The molecular formula is C20H24ClN5O. The zero-order valence-electron chi connectivity index (χ0n) is 15.4. The van der Waals surface area contributed by atoms with Gasteiger partial charge in [0.15, 0.2) is 5.82 Å². The van der Waals surface area contributed by atoms with Gasteiger partial charge in [0.05, 0.1) is 11.3 Å². The third-order valence-corrected chi connectivity index (χ3v) is 5.48. The second-order valence-corrected chi connectivity index (χ2v) is 7.53. The first-order chi connectivity index (χ1) is 13.0. The summed E-state index contributed by atoms with van der Waals surface area (Å²) in [6, 6.07) is 6.88. The van der Waals surface area contributed by atoms with Crippen LogP contribution in [-0.2, 0) is 0 Å². The molecule has 1 heterocycles. The van der Waals surface area contributed by atoms with Crippen LogP contribution in [0.4, 0.5) is 5.82 Å². The Morgan fingerprint density at radius 1 is 1.30 bits per heavy atom. The van der Waals surface area contributed by atoms with Crippen molar-refractivity contribution in [2.75, 3.05) is 19.3 Å². The molecule has 2 unspecified atom stereocenters. The Kier molecular flexibility index (Phi) is 6.15. The van der Waals surface area contributed by atoms with Crippen LogP contribution in [0.15, 0.2) is 18.2 Å². The highest BCUT2D eigenvalue weighted by Gasteiger charge is 2.26. The minimum absolute atomic E-state index is 0.0319. The Balaban J connectivity index is 2.00. The minimum Gasteiger partial charge on any atom is -0.507 e. The fraction of sp³-hybridized carbons (Fsp3) is 0.450. The molecule has 0 radical (unpaired) electrons. The molecule has 0 bridgehead atoms. The van der Waals surface area contributed by atoms with Gasteiger partial charge in [-0.1, -0.05) is 18.0 Å². The molecule has 1 saturated carbocycles. The number of nitrogens with zero attached hydrogens (tertiary/aromatic N) is 3. The van der Waals surface area contributed by atoms with Crippen molar-refractivity contribution in [2.24, 2.45) is 5.92 Å². The quantitative estimate of drug-likeness (QED) is 0.690. The maximum absolute atomic E-state index is 10.2. The van der Waals surface area contributed by atoms with Crippen molar-refractivity contribution in [3.05, 3.63) is 34.5 Å². The van der Waals surface area contributed by atoms with E-state index in [4.69, 9.17) is 17.3 Å². The first-order valence-corrected chi connectivity index (χ1v) is 9.62. The number of aromatic hydroxyl groups is 1. The van der Waals surface area contributed by atoms with E-state index in [-0.39, 0.29) is 17.5 Å². The zero-order chi connectivity index (χ0) is 19.4. The molecule has 1 aliphatic carbocycles. The highest BCUT2D eigenvalue weighted by molar-refractivity contribution is 6.30. The molecule has 2 atom stereocenters. The molecule has 142 valence electrons. The van der Waals surface area contributed by atoms with E-state index in [2.05, 4.69) is 21.4 Å². The predicted octanol–water partition coefficient (Wildman–Crippen LogP) is 3.84. The largest absolute Gasteiger partial charge is 0.507 e. The van der Waals surface area contributed by atoms with Crippen LogP contribution in [0.5, 0.6) is 5.75 Å². The fourth-order valence-corrected chi connectivity index (χ4v) is 4.03. The first-order valence-electron chi connectivity index (χ1n) is 9.24. The van der Waals surface area contributed by atoms with Gasteiger partial charge in [-0.3, -0.25) is 0 Å². The topological polar surface area (TPSA) is 108 Å². The Morgan fingerprint density at radius 2 is 2.11 bits per heavy atom. The Labute approximate surface area is 164 Å². The average molecular weight is 386 g/mol. The average Bonchev–Trinajstić information content (AvgIpc) is 2.89. The van der Waals surface area contributed by atoms with Gasteiger partial charge in [-0.15, -0.1) is 0 Å². The summed E-state index contributed by atoms with van der Waals surface area (Å²) in [7, 11) is 1.98. The molecule has 1 fully saturated rings. The van der Waals surface area contributed by atoms with E-state index in [0.29, 0.717) is 33.6 Å². The van der Waals surface area contributed by atoms with Crippen LogP contribution in [0.3, 0.4) is 0 Å². The van der Waals surface area contributed by atoms with Crippen molar-refractivity contribution in [1.29, 1.82) is 5.26 Å². The first kappa shape index (κ1) is 19.4. The van der Waals surface area contributed by atoms with E-state index in [1.165, 1.54) is 12.5 Å². The number of aromatic nitrogens is 2. The zero-order valence-corrected chi connectivity index (χ0v) is 16.1. The van der Waals surface area contributed by atoms with Crippen molar-refractivity contribution in [2.45, 2.75) is 38.0 Å². The fourth-order valence-electron chi connectivity index (χ4n) is 3.86. The molecule has 27 heavy (non-hydrogen) atoms. The summed E-state index contributed by atoms with van der Waals surface area (Å²) in [5.41, 5.74) is 7.53. The maximum atomic E-state index is 10.2. The van der Waals surface area contributed by atoms with Crippen LogP contribution >= 0.6 is 11.6 Å². The number of nitriles is 1. The van der Waals surface area contributed by atoms with Crippen molar-refractivity contribution >= 4 is 17.4 Å². The molecule has 7 heteroatoms. The molecule has 3 rings (SSSR count). The summed E-state index contributed by atoms with van der Waals surface area (Å²) in [5.74, 6) is 1.28. The van der Waals surface area contributed by atoms with Crippen molar-refractivity contribution in [3.63, 3.8) is 0 Å². The molecule has 0 spiro atoms. The number of benzene rings is 1. The molecule has 0 amide bonds. The predicted molar refractivity (Wildman–Crippen MR) is 107 cm³/mol. The summed E-state index contributed by atoms with van der Waals surface area (Å²) in [6.07, 6.45) is 5.26. The second kappa shape index (κ2) is 8.55. The highest BCUT2D eigenvalue weighted by Crippen LogP contribution is 2.37. The van der Waals surface area contributed by atoms with E-state index < -0.39 is 0 Å². The molecule has 0 saturated heterocycles. The van der Waals surface area contributed by atoms with Crippen LogP contribution in [0, 0.1) is 17.2 Å². The highest BCUT2D eigenvalue weighted by atomic mass is 35.5. The minimum atomic E-state index is 0.0319. The molecule has 4 N–H and O–H groups in total. The Morgan fingerprint density at radius 3 is 2.85 bits per heavy atom. The van der Waals surface area contributed by atoms with Gasteiger partial charge in [0, 0.05) is 10.9 Å². The number of rotatable bonds is 4. The Bertz CT molecular complexity index is 864. The van der Waals surface area contributed by atoms with Crippen LogP contribution in [0.25, 0.3) is 11.4 Å². The van der Waals surface area contributed by atoms with Gasteiger partial charge < -0.3 is 16.2 Å². The third-order valence-electron chi connectivity index (χ3n) is 5.24. The number of anilines is 1. The lowest BCUT2D eigenvalue weighted by Crippen LogP contribution is -2.18. The Hall–Kier alpha value is -2.36. The number of phenolic OH excluding ortho intramolecular Hbond substituents is 1. The van der Waals surface area contributed by atoms with Gasteiger partial charge in [-0.25, -0.2) is 9.97 Å². The normalized spacial score (nSPS) is 20.0. The van der Waals surface area contributed by atoms with Crippen molar-refractivity contribution < 1.29 is 5.11 Å². The number of hydrogen-bond donors (Lipinski definition) is 3. The number of halogens is 1. The summed E-state index contributed by atoms with van der Waals surface area (Å²) < 4.78 is 0. The van der Waals surface area contributed by atoms with Gasteiger partial charge in [0.25, 0.3) is 0 Å². The second-order valence-electron chi connectivity index (χ2n) is 7.09. The van der Waals surface area contributed by atoms with E-state index >= 15 is 0 Å². The van der Waals surface area contributed by atoms with Crippen LogP contribution < -0.4 is 11.1 Å². The molecule has 6 nitrogen and oxygen atoms in total. The number of nitrogens with one attached hydrogen (secondary N) is 1.